The average Bonchev–Trinajstić information content (AvgIpc) is 2.95. The van der Waals surface area contributed by atoms with Gasteiger partial charge in [-0.05, 0) is 35.9 Å². The summed E-state index contributed by atoms with van der Waals surface area (Å²) >= 11 is 6.91. The predicted octanol–water partition coefficient (Wildman–Crippen LogP) is 2.58. The first kappa shape index (κ1) is 18.4. The van der Waals surface area contributed by atoms with Gasteiger partial charge in [-0.3, -0.25) is 9.59 Å². The second kappa shape index (κ2) is 7.21. The average molecular weight is 418 g/mol. The number of rotatable bonds is 3. The van der Waals surface area contributed by atoms with E-state index in [0.717, 1.165) is 15.9 Å². The highest BCUT2D eigenvalue weighted by Gasteiger charge is 2.13. The number of nitrogens with zero attached hydrogens (tertiary/aromatic N) is 3. The molecule has 9 heteroatoms. The highest BCUT2D eigenvalue weighted by Crippen LogP contribution is 2.19. The molecule has 4 rings (SSSR count). The molecule has 4 aromatic rings. The van der Waals surface area contributed by atoms with Gasteiger partial charge in [0, 0.05) is 12.0 Å². The summed E-state index contributed by atoms with van der Waals surface area (Å²) in [5.74, 6) is -0.967. The van der Waals surface area contributed by atoms with Gasteiger partial charge in [0.25, 0.3) is 11.1 Å². The first-order valence-electron chi connectivity index (χ1n) is 8.05. The van der Waals surface area contributed by atoms with Crippen molar-refractivity contribution in [1.82, 2.24) is 14.6 Å². The van der Waals surface area contributed by atoms with E-state index >= 15 is 0 Å². The Bertz CT molecular complexity index is 1350. The van der Waals surface area contributed by atoms with E-state index in [-0.39, 0.29) is 32.2 Å². The number of aromatic nitrogens is 3. The lowest BCUT2D eigenvalue weighted by Crippen LogP contribution is -2.28. The van der Waals surface area contributed by atoms with Crippen LogP contribution in [0.5, 0.6) is 0 Å². The van der Waals surface area contributed by atoms with E-state index in [1.54, 1.807) is 0 Å². The van der Waals surface area contributed by atoms with Crippen LogP contribution in [0.25, 0.3) is 11.0 Å². The van der Waals surface area contributed by atoms with Gasteiger partial charge in [0.1, 0.15) is 17.3 Å². The van der Waals surface area contributed by atoms with Crippen molar-refractivity contribution in [3.05, 3.63) is 101 Å². The molecule has 0 N–H and O–H groups in total. The molecule has 0 saturated heterocycles. The van der Waals surface area contributed by atoms with Crippen molar-refractivity contribution in [2.45, 2.75) is 6.42 Å². The van der Waals surface area contributed by atoms with Crippen molar-refractivity contribution in [1.29, 1.82) is 0 Å². The maximum atomic E-state index is 14.0. The van der Waals surface area contributed by atoms with Crippen LogP contribution >= 0.6 is 22.9 Å². The van der Waals surface area contributed by atoms with E-state index in [1.807, 2.05) is 0 Å². The number of thiazole rings is 1. The molecule has 5 nitrogen and oxygen atoms in total. The Morgan fingerprint density at radius 2 is 1.86 bits per heavy atom. The summed E-state index contributed by atoms with van der Waals surface area (Å²) in [6.45, 7) is 0. The number of halogens is 3. The molecule has 0 spiro atoms. The summed E-state index contributed by atoms with van der Waals surface area (Å²) in [5.41, 5.74) is -0.342. The van der Waals surface area contributed by atoms with Gasteiger partial charge in [-0.2, -0.15) is 14.6 Å². The van der Waals surface area contributed by atoms with Gasteiger partial charge in [-0.25, -0.2) is 8.78 Å². The maximum absolute atomic E-state index is 14.0. The molecule has 0 aliphatic heterocycles. The quantitative estimate of drug-likeness (QED) is 0.514. The molecule has 0 atom stereocenters. The van der Waals surface area contributed by atoms with Crippen molar-refractivity contribution < 1.29 is 8.78 Å². The van der Waals surface area contributed by atoms with Gasteiger partial charge in [-0.15, -0.1) is 0 Å². The summed E-state index contributed by atoms with van der Waals surface area (Å²) in [6, 6.07) is 9.79. The van der Waals surface area contributed by atoms with Gasteiger partial charge >= 0.3 is 0 Å². The van der Waals surface area contributed by atoms with E-state index in [2.05, 4.69) is 10.1 Å². The zero-order valence-corrected chi connectivity index (χ0v) is 15.6. The molecule has 0 unspecified atom stereocenters. The normalized spacial score (nSPS) is 12.0. The van der Waals surface area contributed by atoms with Crippen LogP contribution < -0.4 is 15.7 Å². The van der Waals surface area contributed by atoms with E-state index in [4.69, 9.17) is 11.6 Å². The lowest BCUT2D eigenvalue weighted by atomic mass is 10.1. The van der Waals surface area contributed by atoms with Crippen LogP contribution in [0.2, 0.25) is 5.02 Å². The summed E-state index contributed by atoms with van der Waals surface area (Å²) in [6.07, 6.45) is 1.41. The maximum Gasteiger partial charge on any atom is 0.296 e. The standard InChI is InChI=1S/C19H10ClF2N3O2S/c20-13-2-1-3-14(22)12(13)9-16-18(27)25-19(28-16)23-17(26)15(24-25)8-10-4-6-11(21)7-5-10/h1-7,9H,8H2. The van der Waals surface area contributed by atoms with Gasteiger partial charge in [0.05, 0.1) is 9.55 Å². The van der Waals surface area contributed by atoms with Crippen LogP contribution in [0.3, 0.4) is 0 Å². The number of fused-ring (bicyclic) bond motifs is 1. The first-order chi connectivity index (χ1) is 13.4. The van der Waals surface area contributed by atoms with Crippen molar-refractivity contribution in [2.24, 2.45) is 0 Å². The molecular formula is C19H10ClF2N3O2S. The van der Waals surface area contributed by atoms with Crippen molar-refractivity contribution in [3.63, 3.8) is 0 Å². The molecule has 140 valence electrons. The van der Waals surface area contributed by atoms with E-state index in [0.29, 0.717) is 5.56 Å². The summed E-state index contributed by atoms with van der Waals surface area (Å²) < 4.78 is 28.2. The van der Waals surface area contributed by atoms with E-state index in [1.165, 1.54) is 48.5 Å². The summed E-state index contributed by atoms with van der Waals surface area (Å²) in [7, 11) is 0. The predicted molar refractivity (Wildman–Crippen MR) is 103 cm³/mol. The van der Waals surface area contributed by atoms with Gasteiger partial charge in [-0.1, -0.05) is 41.1 Å². The molecule has 2 aromatic heterocycles. The molecule has 0 amide bonds. The van der Waals surface area contributed by atoms with Crippen LogP contribution in [0.4, 0.5) is 8.78 Å². The van der Waals surface area contributed by atoms with Gasteiger partial charge < -0.3 is 0 Å². The Morgan fingerprint density at radius 1 is 1.11 bits per heavy atom. The van der Waals surface area contributed by atoms with Crippen LogP contribution in [-0.2, 0) is 6.42 Å². The zero-order valence-electron chi connectivity index (χ0n) is 14.0. The molecule has 0 aliphatic rings. The van der Waals surface area contributed by atoms with E-state index in [9.17, 15) is 18.4 Å². The SMILES string of the molecule is O=c1nc2sc(=Cc3c(F)cccc3Cl)c(=O)n2nc1Cc1ccc(F)cc1. The first-order valence-corrected chi connectivity index (χ1v) is 9.25. The number of benzene rings is 2. The van der Waals surface area contributed by atoms with Gasteiger partial charge in [0.15, 0.2) is 0 Å². The Morgan fingerprint density at radius 3 is 2.57 bits per heavy atom. The third kappa shape index (κ3) is 3.44. The van der Waals surface area contributed by atoms with Crippen molar-refractivity contribution in [2.75, 3.05) is 0 Å². The highest BCUT2D eigenvalue weighted by molar-refractivity contribution is 7.15. The molecule has 0 saturated carbocycles. The molecule has 0 aliphatic carbocycles. The fourth-order valence-corrected chi connectivity index (χ4v) is 3.73. The number of hydrogen-bond acceptors (Lipinski definition) is 5. The Balaban J connectivity index is 1.84. The lowest BCUT2D eigenvalue weighted by molar-refractivity contribution is 0.625. The fraction of sp³-hybridized carbons (Fsp3) is 0.0526. The van der Waals surface area contributed by atoms with Crippen LogP contribution in [0.1, 0.15) is 16.8 Å². The third-order valence-electron chi connectivity index (χ3n) is 4.01. The molecule has 2 heterocycles. The second-order valence-corrected chi connectivity index (χ2v) is 7.33. The molecule has 2 aromatic carbocycles. The Labute approximate surface area is 165 Å². The molecule has 0 radical (unpaired) electrons. The van der Waals surface area contributed by atoms with Crippen molar-refractivity contribution in [3.8, 4) is 0 Å². The topological polar surface area (TPSA) is 64.3 Å². The Hall–Kier alpha value is -2.97. The largest absolute Gasteiger partial charge is 0.296 e. The summed E-state index contributed by atoms with van der Waals surface area (Å²) in [4.78, 5) is 28.9. The summed E-state index contributed by atoms with van der Waals surface area (Å²) in [5, 5.41) is 4.25. The van der Waals surface area contributed by atoms with Crippen LogP contribution in [0, 0.1) is 11.6 Å². The molecule has 0 bridgehead atoms. The minimum absolute atomic E-state index is 0.0504. The molecular weight excluding hydrogens is 408 g/mol. The minimum Gasteiger partial charge on any atom is -0.266 e. The van der Waals surface area contributed by atoms with Crippen LogP contribution in [-0.4, -0.2) is 14.6 Å². The van der Waals surface area contributed by atoms with Gasteiger partial charge in [0.2, 0.25) is 4.96 Å². The Kier molecular flexibility index (Phi) is 4.74. The second-order valence-electron chi connectivity index (χ2n) is 5.91. The third-order valence-corrected chi connectivity index (χ3v) is 5.30. The molecule has 28 heavy (non-hydrogen) atoms. The van der Waals surface area contributed by atoms with Crippen LogP contribution in [0.15, 0.2) is 52.1 Å². The van der Waals surface area contributed by atoms with E-state index < -0.39 is 22.8 Å². The monoisotopic (exact) mass is 417 g/mol. The van der Waals surface area contributed by atoms with Crippen molar-refractivity contribution >= 4 is 34.0 Å². The smallest absolute Gasteiger partial charge is 0.266 e. The fourth-order valence-electron chi connectivity index (χ4n) is 2.63. The number of hydrogen-bond donors (Lipinski definition) is 0. The minimum atomic E-state index is -0.582. The zero-order chi connectivity index (χ0) is 19.8. The highest BCUT2D eigenvalue weighted by atomic mass is 35.5. The molecule has 0 fully saturated rings. The lowest BCUT2D eigenvalue weighted by Gasteiger charge is -2.00.